The number of halogens is 2. The highest BCUT2D eigenvalue weighted by Crippen LogP contribution is 2.28. The van der Waals surface area contributed by atoms with Crippen LogP contribution in [0.3, 0.4) is 0 Å². The average Bonchev–Trinajstić information content (AvgIpc) is 3.17. The fourth-order valence-corrected chi connectivity index (χ4v) is 2.66. The second-order valence-electron chi connectivity index (χ2n) is 5.22. The van der Waals surface area contributed by atoms with E-state index in [1.165, 1.54) is 11.0 Å². The summed E-state index contributed by atoms with van der Waals surface area (Å²) < 4.78 is 13.9. The van der Waals surface area contributed by atoms with Crippen LogP contribution in [0.4, 0.5) is 10.1 Å². The van der Waals surface area contributed by atoms with E-state index in [2.05, 4.69) is 5.32 Å². The molecule has 1 saturated carbocycles. The molecule has 1 aromatic carbocycles. The van der Waals surface area contributed by atoms with Crippen molar-refractivity contribution in [2.45, 2.75) is 37.8 Å². The third-order valence-corrected chi connectivity index (χ3v) is 3.89. The number of carbonyl (C=O) groups is 1. The van der Waals surface area contributed by atoms with Crippen LogP contribution in [0.5, 0.6) is 0 Å². The molecule has 1 aliphatic heterocycles. The first-order chi connectivity index (χ1) is 9.15. The van der Waals surface area contributed by atoms with E-state index in [0.29, 0.717) is 23.3 Å². The van der Waals surface area contributed by atoms with Crippen molar-refractivity contribution in [2.24, 2.45) is 0 Å². The molecule has 1 unspecified atom stereocenters. The summed E-state index contributed by atoms with van der Waals surface area (Å²) >= 11 is 5.74. The van der Waals surface area contributed by atoms with Gasteiger partial charge in [-0.25, -0.2) is 4.39 Å². The van der Waals surface area contributed by atoms with E-state index in [1.807, 2.05) is 0 Å². The van der Waals surface area contributed by atoms with Crippen molar-refractivity contribution in [3.63, 3.8) is 0 Å². The van der Waals surface area contributed by atoms with Gasteiger partial charge in [0.1, 0.15) is 5.82 Å². The summed E-state index contributed by atoms with van der Waals surface area (Å²) in [5, 5.41) is 3.68. The molecule has 1 saturated heterocycles. The molecular weight excluding hydrogens is 267 g/mol. The lowest BCUT2D eigenvalue weighted by Crippen LogP contribution is -2.51. The number of anilines is 1. The van der Waals surface area contributed by atoms with E-state index < -0.39 is 5.82 Å². The van der Waals surface area contributed by atoms with Crippen molar-refractivity contribution in [1.29, 1.82) is 0 Å². The van der Waals surface area contributed by atoms with Crippen molar-refractivity contribution in [1.82, 2.24) is 5.32 Å². The lowest BCUT2D eigenvalue weighted by molar-refractivity contribution is -0.121. The first-order valence-electron chi connectivity index (χ1n) is 6.67. The Morgan fingerprint density at radius 1 is 1.32 bits per heavy atom. The number of benzene rings is 1. The summed E-state index contributed by atoms with van der Waals surface area (Å²) in [6.45, 7) is 0.570. The zero-order valence-corrected chi connectivity index (χ0v) is 11.3. The minimum atomic E-state index is -0.437. The Balaban J connectivity index is 1.80. The fourth-order valence-electron chi connectivity index (χ4n) is 2.50. The molecule has 1 amide bonds. The summed E-state index contributed by atoms with van der Waals surface area (Å²) in [5.41, 5.74) is 0.330. The Morgan fingerprint density at radius 3 is 2.79 bits per heavy atom. The zero-order valence-electron chi connectivity index (χ0n) is 10.5. The molecule has 1 N–H and O–H groups in total. The molecule has 1 aliphatic carbocycles. The highest BCUT2D eigenvalue weighted by Gasteiger charge is 2.34. The van der Waals surface area contributed by atoms with Crippen LogP contribution in [0.15, 0.2) is 18.2 Å². The summed E-state index contributed by atoms with van der Waals surface area (Å²) in [6, 6.07) is 4.75. The molecule has 5 heteroatoms. The number of carbonyl (C=O) groups excluding carboxylic acids is 1. The largest absolute Gasteiger partial charge is 0.308 e. The quantitative estimate of drug-likeness (QED) is 0.924. The number of hydrogen-bond acceptors (Lipinski definition) is 2. The van der Waals surface area contributed by atoms with Gasteiger partial charge < -0.3 is 10.2 Å². The first kappa shape index (κ1) is 12.9. The number of piperidine rings is 1. The summed E-state index contributed by atoms with van der Waals surface area (Å²) in [5.74, 6) is -0.465. The number of amides is 1. The van der Waals surface area contributed by atoms with E-state index in [1.54, 1.807) is 12.1 Å². The van der Waals surface area contributed by atoms with E-state index in [-0.39, 0.29) is 11.9 Å². The van der Waals surface area contributed by atoms with E-state index in [0.717, 1.165) is 25.7 Å². The third-order valence-electron chi connectivity index (χ3n) is 3.65. The van der Waals surface area contributed by atoms with Gasteiger partial charge in [-0.15, -0.1) is 0 Å². The van der Waals surface area contributed by atoms with Crippen molar-refractivity contribution < 1.29 is 9.18 Å². The molecule has 1 atom stereocenters. The third kappa shape index (κ3) is 2.74. The molecule has 1 aromatic rings. The molecule has 2 fully saturated rings. The van der Waals surface area contributed by atoms with Crippen LogP contribution in [-0.4, -0.2) is 24.5 Å². The van der Waals surface area contributed by atoms with E-state index in [4.69, 9.17) is 11.6 Å². The maximum absolute atomic E-state index is 13.9. The van der Waals surface area contributed by atoms with Crippen LogP contribution in [0.25, 0.3) is 0 Å². The minimum Gasteiger partial charge on any atom is -0.308 e. The lowest BCUT2D eigenvalue weighted by atomic mass is 10.0. The minimum absolute atomic E-state index is 0.0284. The summed E-state index contributed by atoms with van der Waals surface area (Å²) in [7, 11) is 0. The first-order valence-corrected chi connectivity index (χ1v) is 7.05. The Kier molecular flexibility index (Phi) is 3.46. The maximum Gasteiger partial charge on any atom is 0.244 e. The van der Waals surface area contributed by atoms with Gasteiger partial charge in [-0.05, 0) is 43.9 Å². The van der Waals surface area contributed by atoms with Crippen LogP contribution < -0.4 is 10.2 Å². The van der Waals surface area contributed by atoms with Crippen LogP contribution in [0.1, 0.15) is 25.7 Å². The van der Waals surface area contributed by atoms with Gasteiger partial charge in [0.05, 0.1) is 11.7 Å². The molecule has 0 radical (unpaired) electrons. The lowest BCUT2D eigenvalue weighted by Gasteiger charge is -2.33. The Labute approximate surface area is 116 Å². The van der Waals surface area contributed by atoms with Crippen molar-refractivity contribution >= 4 is 23.2 Å². The number of hydrogen-bond donors (Lipinski definition) is 1. The highest BCUT2D eigenvalue weighted by molar-refractivity contribution is 6.30. The normalized spacial score (nSPS) is 23.8. The second-order valence-corrected chi connectivity index (χ2v) is 5.66. The zero-order chi connectivity index (χ0) is 13.4. The van der Waals surface area contributed by atoms with Gasteiger partial charge in [0.25, 0.3) is 0 Å². The van der Waals surface area contributed by atoms with E-state index in [9.17, 15) is 9.18 Å². The van der Waals surface area contributed by atoms with E-state index >= 15 is 0 Å². The van der Waals surface area contributed by atoms with Crippen molar-refractivity contribution in [3.8, 4) is 0 Å². The smallest absolute Gasteiger partial charge is 0.244 e. The predicted octanol–water partition coefficient (Wildman–Crippen LogP) is 2.73. The van der Waals surface area contributed by atoms with Gasteiger partial charge in [0.15, 0.2) is 0 Å². The topological polar surface area (TPSA) is 32.3 Å². The van der Waals surface area contributed by atoms with Gasteiger partial charge in [-0.2, -0.15) is 0 Å². The molecule has 0 aromatic heterocycles. The Hall–Kier alpha value is -1.13. The predicted molar refractivity (Wildman–Crippen MR) is 72.9 cm³/mol. The molecule has 0 bridgehead atoms. The Bertz CT molecular complexity index is 504. The van der Waals surface area contributed by atoms with Crippen molar-refractivity contribution in [2.75, 3.05) is 11.4 Å². The molecule has 0 spiro atoms. The molecule has 3 rings (SSSR count). The second kappa shape index (κ2) is 5.10. The van der Waals surface area contributed by atoms with Gasteiger partial charge in [-0.3, -0.25) is 4.79 Å². The molecule has 19 heavy (non-hydrogen) atoms. The fraction of sp³-hybridized carbons (Fsp3) is 0.500. The van der Waals surface area contributed by atoms with Gasteiger partial charge in [0, 0.05) is 17.6 Å². The SMILES string of the molecule is O=C1C(NC2CC2)CCCN1c1ccc(Cl)cc1F. The molecule has 1 heterocycles. The van der Waals surface area contributed by atoms with Crippen LogP contribution in [0.2, 0.25) is 5.02 Å². The molecule has 3 nitrogen and oxygen atoms in total. The van der Waals surface area contributed by atoms with Gasteiger partial charge >= 0.3 is 0 Å². The average molecular weight is 283 g/mol. The van der Waals surface area contributed by atoms with Crippen LogP contribution in [0, 0.1) is 5.82 Å². The Morgan fingerprint density at radius 2 is 2.11 bits per heavy atom. The van der Waals surface area contributed by atoms with Gasteiger partial charge in [0.2, 0.25) is 5.91 Å². The van der Waals surface area contributed by atoms with Crippen molar-refractivity contribution in [3.05, 3.63) is 29.0 Å². The summed E-state index contributed by atoms with van der Waals surface area (Å²) in [6.07, 6.45) is 4.00. The van der Waals surface area contributed by atoms with Crippen LogP contribution >= 0.6 is 11.6 Å². The maximum atomic E-state index is 13.9. The number of nitrogens with zero attached hydrogens (tertiary/aromatic N) is 1. The standard InChI is InChI=1S/C14H16ClFN2O/c15-9-3-6-13(11(16)8-9)18-7-1-2-12(14(18)19)17-10-4-5-10/h3,6,8,10,12,17H,1-2,4-5,7H2. The summed E-state index contributed by atoms with van der Waals surface area (Å²) in [4.78, 5) is 13.9. The molecule has 2 aliphatic rings. The monoisotopic (exact) mass is 282 g/mol. The van der Waals surface area contributed by atoms with Gasteiger partial charge in [-0.1, -0.05) is 11.6 Å². The molecular formula is C14H16ClFN2O. The molecule has 102 valence electrons. The number of rotatable bonds is 3. The highest BCUT2D eigenvalue weighted by atomic mass is 35.5. The van der Waals surface area contributed by atoms with Crippen LogP contribution in [-0.2, 0) is 4.79 Å². The number of nitrogens with one attached hydrogen (secondary N) is 1.